The van der Waals surface area contributed by atoms with E-state index in [2.05, 4.69) is 59.7 Å². The number of hydrogen-bond donors (Lipinski definition) is 1. The van der Waals surface area contributed by atoms with Crippen molar-refractivity contribution in [1.29, 1.82) is 0 Å². The fourth-order valence-corrected chi connectivity index (χ4v) is 4.42. The van der Waals surface area contributed by atoms with Crippen LogP contribution in [0.2, 0.25) is 5.02 Å². The van der Waals surface area contributed by atoms with Crippen molar-refractivity contribution in [2.24, 2.45) is 0 Å². The summed E-state index contributed by atoms with van der Waals surface area (Å²) in [6, 6.07) is 22.0. The molecule has 0 aliphatic heterocycles. The highest BCUT2D eigenvalue weighted by molar-refractivity contribution is 7.99. The lowest BCUT2D eigenvalue weighted by Gasteiger charge is -2.13. The quantitative estimate of drug-likeness (QED) is 0.324. The topological polar surface area (TPSA) is 59.8 Å². The zero-order valence-corrected chi connectivity index (χ0v) is 20.4. The second kappa shape index (κ2) is 10.2. The third-order valence-electron chi connectivity index (χ3n) is 5.53. The SMILES string of the molecule is Cc1ccc(-n2c(Cc3ccccc3)nnc2SCC(=O)Nc2cccc(Cl)c2C)cc1C. The fraction of sp³-hybridized carbons (Fsp3) is 0.192. The van der Waals surface area contributed by atoms with Crippen molar-refractivity contribution in [3.8, 4) is 5.69 Å². The molecule has 4 aromatic rings. The summed E-state index contributed by atoms with van der Waals surface area (Å²) in [5.74, 6) is 0.919. The Balaban J connectivity index is 1.58. The van der Waals surface area contributed by atoms with Gasteiger partial charge in [-0.1, -0.05) is 65.8 Å². The fourth-order valence-electron chi connectivity index (χ4n) is 3.47. The standard InChI is InChI=1S/C26H25ClN4OS/c1-17-12-13-21(14-18(17)2)31-24(15-20-8-5-4-6-9-20)29-30-26(31)33-16-25(32)28-23-11-7-10-22(27)19(23)3/h4-14H,15-16H2,1-3H3,(H,28,32). The van der Waals surface area contributed by atoms with Crippen LogP contribution in [0.1, 0.15) is 28.1 Å². The maximum absolute atomic E-state index is 12.7. The zero-order chi connectivity index (χ0) is 23.4. The molecule has 0 saturated heterocycles. The Morgan fingerprint density at radius 1 is 0.970 bits per heavy atom. The summed E-state index contributed by atoms with van der Waals surface area (Å²) >= 11 is 7.54. The molecule has 0 bridgehead atoms. The maximum Gasteiger partial charge on any atom is 0.234 e. The first-order valence-corrected chi connectivity index (χ1v) is 12.0. The average Bonchev–Trinajstić information content (AvgIpc) is 3.20. The van der Waals surface area contributed by atoms with Crippen molar-refractivity contribution in [3.63, 3.8) is 0 Å². The van der Waals surface area contributed by atoms with Crippen LogP contribution < -0.4 is 5.32 Å². The van der Waals surface area contributed by atoms with Crippen LogP contribution in [0.5, 0.6) is 0 Å². The molecule has 1 N–H and O–H groups in total. The van der Waals surface area contributed by atoms with Gasteiger partial charge in [-0.05, 0) is 67.3 Å². The summed E-state index contributed by atoms with van der Waals surface area (Å²) < 4.78 is 2.04. The zero-order valence-electron chi connectivity index (χ0n) is 18.8. The molecule has 0 aliphatic rings. The summed E-state index contributed by atoms with van der Waals surface area (Å²) in [7, 11) is 0. The lowest BCUT2D eigenvalue weighted by molar-refractivity contribution is -0.113. The molecule has 0 radical (unpaired) electrons. The van der Waals surface area contributed by atoms with Gasteiger partial charge in [0.2, 0.25) is 5.91 Å². The van der Waals surface area contributed by atoms with E-state index < -0.39 is 0 Å². The molecule has 1 aromatic heterocycles. The molecule has 0 unspecified atom stereocenters. The second-order valence-corrected chi connectivity index (χ2v) is 9.26. The number of nitrogens with one attached hydrogen (secondary N) is 1. The molecule has 7 heteroatoms. The van der Waals surface area contributed by atoms with E-state index in [0.29, 0.717) is 22.3 Å². The van der Waals surface area contributed by atoms with Crippen LogP contribution >= 0.6 is 23.4 Å². The number of hydrogen-bond acceptors (Lipinski definition) is 4. The maximum atomic E-state index is 12.7. The molecule has 0 spiro atoms. The molecular weight excluding hydrogens is 452 g/mol. The van der Waals surface area contributed by atoms with E-state index >= 15 is 0 Å². The Bertz CT molecular complexity index is 1290. The number of benzene rings is 3. The number of carbonyl (C=O) groups excluding carboxylic acids is 1. The second-order valence-electron chi connectivity index (χ2n) is 7.91. The number of anilines is 1. The van der Waals surface area contributed by atoms with E-state index in [1.54, 1.807) is 0 Å². The van der Waals surface area contributed by atoms with Crippen LogP contribution in [0.3, 0.4) is 0 Å². The number of carbonyl (C=O) groups is 1. The predicted octanol–water partition coefficient (Wildman–Crippen LogP) is 6.17. The Labute approximate surface area is 203 Å². The molecule has 0 atom stereocenters. The highest BCUT2D eigenvalue weighted by Gasteiger charge is 2.17. The summed E-state index contributed by atoms with van der Waals surface area (Å²) in [5.41, 5.74) is 6.12. The van der Waals surface area contributed by atoms with Crippen LogP contribution in [0, 0.1) is 20.8 Å². The lowest BCUT2D eigenvalue weighted by atomic mass is 10.1. The van der Waals surface area contributed by atoms with E-state index in [1.807, 2.05) is 47.9 Å². The normalized spacial score (nSPS) is 10.9. The average molecular weight is 477 g/mol. The van der Waals surface area contributed by atoms with E-state index in [4.69, 9.17) is 11.6 Å². The number of rotatable bonds is 7. The van der Waals surface area contributed by atoms with E-state index in [-0.39, 0.29) is 11.7 Å². The molecule has 4 rings (SSSR count). The third-order valence-corrected chi connectivity index (χ3v) is 6.87. The summed E-state index contributed by atoms with van der Waals surface area (Å²) in [4.78, 5) is 12.7. The minimum Gasteiger partial charge on any atom is -0.325 e. The Kier molecular flexibility index (Phi) is 7.16. The number of amides is 1. The summed E-state index contributed by atoms with van der Waals surface area (Å²) in [6.07, 6.45) is 0.648. The molecule has 5 nitrogen and oxygen atoms in total. The van der Waals surface area contributed by atoms with E-state index in [0.717, 1.165) is 22.6 Å². The van der Waals surface area contributed by atoms with Crippen molar-refractivity contribution in [2.45, 2.75) is 32.3 Å². The number of nitrogens with zero attached hydrogens (tertiary/aromatic N) is 3. The Hall–Kier alpha value is -3.09. The van der Waals surface area contributed by atoms with Crippen LogP contribution in [0.15, 0.2) is 71.9 Å². The van der Waals surface area contributed by atoms with Crippen LogP contribution in [0.25, 0.3) is 5.69 Å². The number of halogens is 1. The number of aromatic nitrogens is 3. The van der Waals surface area contributed by atoms with E-state index in [9.17, 15) is 4.79 Å². The molecule has 3 aromatic carbocycles. The molecule has 0 aliphatic carbocycles. The molecular formula is C26H25ClN4OS. The monoisotopic (exact) mass is 476 g/mol. The first kappa shape index (κ1) is 23.1. The van der Waals surface area contributed by atoms with Crippen molar-refractivity contribution in [1.82, 2.24) is 14.8 Å². The van der Waals surface area contributed by atoms with Gasteiger partial charge in [0.1, 0.15) is 5.82 Å². The van der Waals surface area contributed by atoms with Crippen molar-refractivity contribution >= 4 is 35.0 Å². The van der Waals surface area contributed by atoms with Gasteiger partial charge in [-0.15, -0.1) is 10.2 Å². The predicted molar refractivity (Wildman–Crippen MR) is 136 cm³/mol. The van der Waals surface area contributed by atoms with Gasteiger partial charge in [0.25, 0.3) is 0 Å². The van der Waals surface area contributed by atoms with Gasteiger partial charge in [-0.3, -0.25) is 9.36 Å². The molecule has 1 amide bonds. The lowest BCUT2D eigenvalue weighted by Crippen LogP contribution is -2.15. The smallest absolute Gasteiger partial charge is 0.234 e. The minimum atomic E-state index is -0.121. The molecule has 33 heavy (non-hydrogen) atoms. The minimum absolute atomic E-state index is 0.121. The van der Waals surface area contributed by atoms with Gasteiger partial charge in [-0.25, -0.2) is 0 Å². The van der Waals surface area contributed by atoms with E-state index in [1.165, 1.54) is 22.9 Å². The number of thioether (sulfide) groups is 1. The molecule has 0 fully saturated rings. The van der Waals surface area contributed by atoms with Crippen LogP contribution in [-0.4, -0.2) is 26.4 Å². The highest BCUT2D eigenvalue weighted by atomic mass is 35.5. The van der Waals surface area contributed by atoms with Gasteiger partial charge in [-0.2, -0.15) is 0 Å². The molecule has 168 valence electrons. The van der Waals surface area contributed by atoms with Gasteiger partial charge < -0.3 is 5.32 Å². The molecule has 0 saturated carbocycles. The highest BCUT2D eigenvalue weighted by Crippen LogP contribution is 2.26. The van der Waals surface area contributed by atoms with Crippen molar-refractivity contribution in [2.75, 3.05) is 11.1 Å². The Morgan fingerprint density at radius 2 is 1.76 bits per heavy atom. The molecule has 1 heterocycles. The van der Waals surface area contributed by atoms with Gasteiger partial charge in [0.05, 0.1) is 5.75 Å². The van der Waals surface area contributed by atoms with Crippen LogP contribution in [-0.2, 0) is 11.2 Å². The van der Waals surface area contributed by atoms with Gasteiger partial charge in [0.15, 0.2) is 5.16 Å². The third kappa shape index (κ3) is 5.46. The number of aryl methyl sites for hydroxylation is 2. The van der Waals surface area contributed by atoms with Crippen molar-refractivity contribution in [3.05, 3.63) is 99.8 Å². The Morgan fingerprint density at radius 3 is 2.52 bits per heavy atom. The largest absolute Gasteiger partial charge is 0.325 e. The van der Waals surface area contributed by atoms with Crippen molar-refractivity contribution < 1.29 is 4.79 Å². The van der Waals surface area contributed by atoms with Gasteiger partial charge >= 0.3 is 0 Å². The van der Waals surface area contributed by atoms with Gasteiger partial charge in [0, 0.05) is 22.8 Å². The first-order valence-electron chi connectivity index (χ1n) is 10.7. The summed E-state index contributed by atoms with van der Waals surface area (Å²) in [5, 5.41) is 13.1. The first-order chi connectivity index (χ1) is 15.9. The summed E-state index contributed by atoms with van der Waals surface area (Å²) in [6.45, 7) is 6.07. The van der Waals surface area contributed by atoms with Crippen LogP contribution in [0.4, 0.5) is 5.69 Å².